The van der Waals surface area contributed by atoms with Gasteiger partial charge in [-0.2, -0.15) is 0 Å². The molecule has 0 radical (unpaired) electrons. The van der Waals surface area contributed by atoms with Crippen LogP contribution in [0, 0.1) is 17.8 Å². The van der Waals surface area contributed by atoms with E-state index in [0.29, 0.717) is 11.8 Å². The topological polar surface area (TPSA) is 38.8 Å². The molecule has 3 atom stereocenters. The molecule has 1 amide bonds. The minimum absolute atomic E-state index is 0.184. The van der Waals surface area contributed by atoms with Crippen molar-refractivity contribution in [1.29, 1.82) is 0 Å². The maximum atomic E-state index is 13.2. The lowest BCUT2D eigenvalue weighted by Crippen LogP contribution is -2.48. The first kappa shape index (κ1) is 29.9. The minimum Gasteiger partial charge on any atom is -0.356 e. The lowest BCUT2D eigenvalue weighted by atomic mass is 9.96. The van der Waals surface area contributed by atoms with Gasteiger partial charge < -0.3 is 10.2 Å². The molecule has 0 bridgehead atoms. The van der Waals surface area contributed by atoms with E-state index in [0.717, 1.165) is 65.2 Å². The van der Waals surface area contributed by atoms with Crippen LogP contribution in [0.4, 0.5) is 0 Å². The van der Waals surface area contributed by atoms with Gasteiger partial charge in [-0.05, 0) is 53.5 Å². The van der Waals surface area contributed by atoms with Gasteiger partial charge in [-0.1, -0.05) is 121 Å². The first-order chi connectivity index (χ1) is 22.2. The number of carbonyl (C=O) groups is 1. The molecule has 4 aromatic rings. The van der Waals surface area contributed by atoms with E-state index in [1.165, 1.54) is 22.3 Å². The number of nitrogens with one attached hydrogen (secondary N) is 1. The molecule has 0 spiro atoms. The average molecular weight is 599 g/mol. The van der Waals surface area contributed by atoms with Crippen molar-refractivity contribution >= 4 is 5.91 Å². The SMILES string of the molecule is O=C(NCC1CCN(C(c2ccccc2)c2ccccc2)C1)C1CC1CN1CCN(C(c2ccccc2)c2ccccc2)CC1. The summed E-state index contributed by atoms with van der Waals surface area (Å²) >= 11 is 0. The fourth-order valence-corrected chi connectivity index (χ4v) is 7.72. The molecule has 1 N–H and O–H groups in total. The average Bonchev–Trinajstić information content (AvgIpc) is 3.72. The van der Waals surface area contributed by atoms with Crippen molar-refractivity contribution < 1.29 is 4.79 Å². The highest BCUT2D eigenvalue weighted by Gasteiger charge is 2.44. The van der Waals surface area contributed by atoms with Crippen molar-refractivity contribution in [3.8, 4) is 0 Å². The highest BCUT2D eigenvalue weighted by atomic mass is 16.2. The summed E-state index contributed by atoms with van der Waals surface area (Å²) in [6, 6.07) is 44.0. The molecule has 1 saturated carbocycles. The summed E-state index contributed by atoms with van der Waals surface area (Å²) in [6.07, 6.45) is 2.16. The number of nitrogens with zero attached hydrogens (tertiary/aromatic N) is 3. The number of amides is 1. The molecule has 0 aromatic heterocycles. The van der Waals surface area contributed by atoms with Gasteiger partial charge in [0.1, 0.15) is 0 Å². The number of piperazine rings is 1. The zero-order valence-electron chi connectivity index (χ0n) is 26.3. The molecule has 3 aliphatic rings. The zero-order valence-corrected chi connectivity index (χ0v) is 26.3. The highest BCUT2D eigenvalue weighted by molar-refractivity contribution is 5.81. The van der Waals surface area contributed by atoms with E-state index in [1.807, 2.05) is 0 Å². The van der Waals surface area contributed by atoms with Crippen LogP contribution in [0.15, 0.2) is 121 Å². The number of hydrogen-bond donors (Lipinski definition) is 1. The van der Waals surface area contributed by atoms with Gasteiger partial charge in [0, 0.05) is 51.7 Å². The van der Waals surface area contributed by atoms with Crippen LogP contribution in [-0.2, 0) is 4.79 Å². The lowest BCUT2D eigenvalue weighted by molar-refractivity contribution is -0.122. The van der Waals surface area contributed by atoms with Crippen molar-refractivity contribution in [1.82, 2.24) is 20.0 Å². The van der Waals surface area contributed by atoms with Crippen molar-refractivity contribution in [3.05, 3.63) is 144 Å². The molecule has 3 fully saturated rings. The van der Waals surface area contributed by atoms with Gasteiger partial charge in [-0.3, -0.25) is 14.6 Å². The molecule has 2 aliphatic heterocycles. The van der Waals surface area contributed by atoms with Gasteiger partial charge in [0.15, 0.2) is 0 Å². The lowest BCUT2D eigenvalue weighted by Gasteiger charge is -2.40. The predicted molar refractivity (Wildman–Crippen MR) is 182 cm³/mol. The Morgan fingerprint density at radius 3 is 1.58 bits per heavy atom. The smallest absolute Gasteiger partial charge is 0.223 e. The number of likely N-dealkylation sites (tertiary alicyclic amines) is 1. The van der Waals surface area contributed by atoms with E-state index >= 15 is 0 Å². The van der Waals surface area contributed by atoms with Crippen LogP contribution < -0.4 is 5.32 Å². The van der Waals surface area contributed by atoms with Gasteiger partial charge >= 0.3 is 0 Å². The molecular weight excluding hydrogens is 552 g/mol. The summed E-state index contributed by atoms with van der Waals surface area (Å²) < 4.78 is 0. The molecule has 4 aromatic carbocycles. The number of rotatable bonds is 11. The van der Waals surface area contributed by atoms with Gasteiger partial charge in [-0.25, -0.2) is 0 Å². The third kappa shape index (κ3) is 7.22. The van der Waals surface area contributed by atoms with Crippen LogP contribution in [-0.4, -0.2) is 73.0 Å². The summed E-state index contributed by atoms with van der Waals surface area (Å²) in [4.78, 5) is 21.0. The Hall–Kier alpha value is -3.77. The third-order valence-electron chi connectivity index (χ3n) is 10.2. The Balaban J connectivity index is 0.876. The molecule has 3 unspecified atom stereocenters. The minimum atomic E-state index is 0.184. The number of benzene rings is 4. The van der Waals surface area contributed by atoms with E-state index in [-0.39, 0.29) is 23.9 Å². The summed E-state index contributed by atoms with van der Waals surface area (Å²) in [5.74, 6) is 1.45. The van der Waals surface area contributed by atoms with Gasteiger partial charge in [0.05, 0.1) is 12.1 Å². The Bertz CT molecular complexity index is 1410. The van der Waals surface area contributed by atoms with Crippen LogP contribution >= 0.6 is 0 Å². The maximum Gasteiger partial charge on any atom is 0.223 e. The second-order valence-corrected chi connectivity index (χ2v) is 13.3. The predicted octanol–water partition coefficient (Wildman–Crippen LogP) is 6.26. The van der Waals surface area contributed by atoms with Crippen LogP contribution in [0.1, 0.15) is 47.2 Å². The first-order valence-corrected chi connectivity index (χ1v) is 16.9. The van der Waals surface area contributed by atoms with Crippen LogP contribution in [0.2, 0.25) is 0 Å². The van der Waals surface area contributed by atoms with Crippen molar-refractivity contribution in [2.75, 3.05) is 52.4 Å². The fourth-order valence-electron chi connectivity index (χ4n) is 7.72. The van der Waals surface area contributed by atoms with E-state index in [1.54, 1.807) is 0 Å². The van der Waals surface area contributed by atoms with E-state index in [9.17, 15) is 4.79 Å². The number of carbonyl (C=O) groups excluding carboxylic acids is 1. The fraction of sp³-hybridized carbons (Fsp3) is 0.375. The standard InChI is InChI=1S/C40H46N4O/c45-40(41-28-31-21-22-44(29-31)39(34-17-9-3-10-18-34)35-19-11-4-12-20-35)37-27-36(37)30-42-23-25-43(26-24-42)38(32-13-5-1-6-14-32)33-15-7-2-8-16-33/h1-20,31,36-39H,21-30H2,(H,41,45). The van der Waals surface area contributed by atoms with E-state index in [2.05, 4.69) is 141 Å². The Labute approximate surface area is 268 Å². The highest BCUT2D eigenvalue weighted by Crippen LogP contribution is 2.40. The van der Waals surface area contributed by atoms with Crippen molar-refractivity contribution in [2.45, 2.75) is 24.9 Å². The maximum absolute atomic E-state index is 13.2. The second kappa shape index (κ2) is 14.1. The van der Waals surface area contributed by atoms with Gasteiger partial charge in [0.25, 0.3) is 0 Å². The molecular formula is C40H46N4O. The first-order valence-electron chi connectivity index (χ1n) is 16.9. The quantitative estimate of drug-likeness (QED) is 0.221. The molecule has 5 heteroatoms. The van der Waals surface area contributed by atoms with E-state index in [4.69, 9.17) is 0 Å². The number of hydrogen-bond acceptors (Lipinski definition) is 4. The second-order valence-electron chi connectivity index (χ2n) is 13.3. The monoisotopic (exact) mass is 598 g/mol. The molecule has 232 valence electrons. The summed E-state index contributed by atoms with van der Waals surface area (Å²) in [5.41, 5.74) is 5.39. The van der Waals surface area contributed by atoms with E-state index < -0.39 is 0 Å². The molecule has 1 aliphatic carbocycles. The van der Waals surface area contributed by atoms with Crippen LogP contribution in [0.3, 0.4) is 0 Å². The van der Waals surface area contributed by atoms with Crippen LogP contribution in [0.5, 0.6) is 0 Å². The van der Waals surface area contributed by atoms with Gasteiger partial charge in [-0.15, -0.1) is 0 Å². The Kier molecular flexibility index (Phi) is 9.38. The Morgan fingerprint density at radius 2 is 1.09 bits per heavy atom. The Morgan fingerprint density at radius 1 is 0.622 bits per heavy atom. The molecule has 2 heterocycles. The molecule has 5 nitrogen and oxygen atoms in total. The molecule has 7 rings (SSSR count). The summed E-state index contributed by atoms with van der Waals surface area (Å²) in [5, 5.41) is 3.36. The van der Waals surface area contributed by atoms with Crippen molar-refractivity contribution in [3.63, 3.8) is 0 Å². The third-order valence-corrected chi connectivity index (χ3v) is 10.2. The summed E-state index contributed by atoms with van der Waals surface area (Å²) in [7, 11) is 0. The zero-order chi connectivity index (χ0) is 30.4. The molecule has 45 heavy (non-hydrogen) atoms. The van der Waals surface area contributed by atoms with Crippen molar-refractivity contribution in [2.24, 2.45) is 17.8 Å². The summed E-state index contributed by atoms with van der Waals surface area (Å²) in [6.45, 7) is 8.11. The normalized spacial score (nSPS) is 22.6. The largest absolute Gasteiger partial charge is 0.356 e. The molecule has 2 saturated heterocycles. The van der Waals surface area contributed by atoms with Gasteiger partial charge in [0.2, 0.25) is 5.91 Å². The van der Waals surface area contributed by atoms with Crippen LogP contribution in [0.25, 0.3) is 0 Å².